The molecule has 0 amide bonds. The second-order valence-corrected chi connectivity index (χ2v) is 4.87. The minimum Gasteiger partial charge on any atom is -0.492 e. The molecule has 104 valence electrons. The van der Waals surface area contributed by atoms with Crippen molar-refractivity contribution < 1.29 is 19.9 Å². The first kappa shape index (κ1) is 14.3. The average molecular weight is 265 g/mol. The average Bonchev–Trinajstić information content (AvgIpc) is 2.41. The molecule has 0 saturated carbocycles. The van der Waals surface area contributed by atoms with Gasteiger partial charge in [-0.3, -0.25) is 4.90 Å². The van der Waals surface area contributed by atoms with E-state index in [-0.39, 0.29) is 6.10 Å². The molecule has 1 aliphatic heterocycles. The molecule has 1 heterocycles. The van der Waals surface area contributed by atoms with E-state index in [0.717, 1.165) is 32.5 Å². The first-order valence-corrected chi connectivity index (χ1v) is 6.64. The van der Waals surface area contributed by atoms with Crippen molar-refractivity contribution in [2.45, 2.75) is 18.9 Å². The molecule has 0 bridgehead atoms. The Morgan fingerprint density at radius 3 is 2.68 bits per heavy atom. The number of aliphatic hydroxyl groups excluding tert-OH is 1. The van der Waals surface area contributed by atoms with Crippen LogP contribution in [0.3, 0.4) is 0 Å². The minimum atomic E-state index is -1.47. The van der Waals surface area contributed by atoms with Crippen LogP contribution in [0.5, 0.6) is 5.75 Å². The molecule has 0 aliphatic carbocycles. The van der Waals surface area contributed by atoms with E-state index in [9.17, 15) is 5.11 Å². The summed E-state index contributed by atoms with van der Waals surface area (Å²) in [6, 6.07) is 6.81. The van der Waals surface area contributed by atoms with E-state index in [4.69, 9.17) is 14.8 Å². The number of rotatable bonds is 5. The summed E-state index contributed by atoms with van der Waals surface area (Å²) < 4.78 is 5.60. The smallest absolute Gasteiger partial charge is 0.488 e. The van der Waals surface area contributed by atoms with E-state index in [1.807, 2.05) is 0 Å². The quantitative estimate of drug-likeness (QED) is 0.608. The van der Waals surface area contributed by atoms with Gasteiger partial charge in [0.25, 0.3) is 0 Å². The maximum Gasteiger partial charge on any atom is 0.488 e. The van der Waals surface area contributed by atoms with Gasteiger partial charge in [0.05, 0.1) is 6.10 Å². The third kappa shape index (κ3) is 4.51. The maximum atomic E-state index is 9.41. The van der Waals surface area contributed by atoms with Crippen molar-refractivity contribution in [3.8, 4) is 5.75 Å². The highest BCUT2D eigenvalue weighted by atomic mass is 16.5. The van der Waals surface area contributed by atoms with Gasteiger partial charge in [0.2, 0.25) is 0 Å². The molecule has 19 heavy (non-hydrogen) atoms. The molecule has 1 saturated heterocycles. The Morgan fingerprint density at radius 1 is 1.26 bits per heavy atom. The second-order valence-electron chi connectivity index (χ2n) is 4.87. The molecule has 5 nitrogen and oxygen atoms in total. The largest absolute Gasteiger partial charge is 0.492 e. The highest BCUT2D eigenvalue weighted by Crippen LogP contribution is 2.11. The fraction of sp³-hybridized carbons (Fsp3) is 0.538. The van der Waals surface area contributed by atoms with Crippen molar-refractivity contribution in [1.82, 2.24) is 4.90 Å². The normalized spacial score (nSPS) is 17.4. The first-order chi connectivity index (χ1) is 9.15. The third-order valence-corrected chi connectivity index (χ3v) is 3.39. The summed E-state index contributed by atoms with van der Waals surface area (Å²) in [5, 5.41) is 27.5. The zero-order chi connectivity index (χ0) is 13.7. The van der Waals surface area contributed by atoms with Crippen molar-refractivity contribution in [1.29, 1.82) is 0 Å². The van der Waals surface area contributed by atoms with Crippen molar-refractivity contribution >= 4 is 12.6 Å². The fourth-order valence-electron chi connectivity index (χ4n) is 2.20. The Morgan fingerprint density at radius 2 is 2.00 bits per heavy atom. The minimum absolute atomic E-state index is 0.153. The Balaban J connectivity index is 1.75. The van der Waals surface area contributed by atoms with Crippen LogP contribution in [0.1, 0.15) is 12.8 Å². The maximum absolute atomic E-state index is 9.41. The van der Waals surface area contributed by atoms with Gasteiger partial charge in [-0.2, -0.15) is 0 Å². The van der Waals surface area contributed by atoms with Crippen LogP contribution in [0.15, 0.2) is 24.3 Å². The summed E-state index contributed by atoms with van der Waals surface area (Å²) >= 11 is 0. The number of nitrogens with zero attached hydrogens (tertiary/aromatic N) is 1. The standard InChI is InChI=1S/C13H20BNO4/c16-12-4-6-15(7-5-12)8-9-19-13-3-1-2-11(10-13)14(17)18/h1-3,10,12,16-18H,4-9H2. The number of aliphatic hydroxyl groups is 1. The number of piperidine rings is 1. The zero-order valence-electron chi connectivity index (χ0n) is 10.9. The lowest BCUT2D eigenvalue weighted by Gasteiger charge is -2.29. The van der Waals surface area contributed by atoms with Crippen LogP contribution in [-0.4, -0.2) is 59.5 Å². The highest BCUT2D eigenvalue weighted by molar-refractivity contribution is 6.58. The molecule has 2 rings (SSSR count). The molecule has 0 radical (unpaired) electrons. The zero-order valence-corrected chi connectivity index (χ0v) is 10.9. The number of likely N-dealkylation sites (tertiary alicyclic amines) is 1. The topological polar surface area (TPSA) is 73.2 Å². The van der Waals surface area contributed by atoms with Gasteiger partial charge in [0, 0.05) is 19.6 Å². The second kappa shape index (κ2) is 6.91. The Labute approximate surface area is 113 Å². The number of hydrogen-bond donors (Lipinski definition) is 3. The molecule has 1 fully saturated rings. The van der Waals surface area contributed by atoms with E-state index in [0.29, 0.717) is 17.8 Å². The van der Waals surface area contributed by atoms with E-state index in [2.05, 4.69) is 4.90 Å². The molecular formula is C13H20BNO4. The highest BCUT2D eigenvalue weighted by Gasteiger charge is 2.16. The number of benzene rings is 1. The van der Waals surface area contributed by atoms with Crippen molar-refractivity contribution in [3.05, 3.63) is 24.3 Å². The van der Waals surface area contributed by atoms with Gasteiger partial charge < -0.3 is 19.9 Å². The molecule has 3 N–H and O–H groups in total. The Kier molecular flexibility index (Phi) is 5.21. The molecule has 0 aromatic heterocycles. The summed E-state index contributed by atoms with van der Waals surface area (Å²) in [5.74, 6) is 0.641. The summed E-state index contributed by atoms with van der Waals surface area (Å²) in [7, 11) is -1.47. The van der Waals surface area contributed by atoms with Gasteiger partial charge in [-0.05, 0) is 30.4 Å². The third-order valence-electron chi connectivity index (χ3n) is 3.39. The number of ether oxygens (including phenoxy) is 1. The predicted octanol–water partition coefficient (Wildman–Crippen LogP) is -0.798. The SMILES string of the molecule is OB(O)c1cccc(OCCN2CCC(O)CC2)c1. The van der Waals surface area contributed by atoms with E-state index in [1.165, 1.54) is 0 Å². The van der Waals surface area contributed by atoms with Crippen LogP contribution in [0.25, 0.3) is 0 Å². The van der Waals surface area contributed by atoms with Crippen LogP contribution >= 0.6 is 0 Å². The van der Waals surface area contributed by atoms with Crippen LogP contribution in [0.2, 0.25) is 0 Å². The summed E-state index contributed by atoms with van der Waals surface area (Å²) in [5.41, 5.74) is 0.429. The summed E-state index contributed by atoms with van der Waals surface area (Å²) in [6.45, 7) is 3.18. The summed E-state index contributed by atoms with van der Waals surface area (Å²) in [6.07, 6.45) is 1.50. The van der Waals surface area contributed by atoms with Gasteiger partial charge in [-0.1, -0.05) is 12.1 Å². The molecule has 6 heteroatoms. The van der Waals surface area contributed by atoms with Gasteiger partial charge in [-0.25, -0.2) is 0 Å². The lowest BCUT2D eigenvalue weighted by Crippen LogP contribution is -2.38. The van der Waals surface area contributed by atoms with Crippen LogP contribution < -0.4 is 10.2 Å². The fourth-order valence-corrected chi connectivity index (χ4v) is 2.20. The van der Waals surface area contributed by atoms with Crippen LogP contribution in [-0.2, 0) is 0 Å². The Hall–Kier alpha value is -1.08. The first-order valence-electron chi connectivity index (χ1n) is 6.64. The molecular weight excluding hydrogens is 245 g/mol. The van der Waals surface area contributed by atoms with Crippen molar-refractivity contribution in [2.75, 3.05) is 26.2 Å². The lowest BCUT2D eigenvalue weighted by atomic mass is 9.80. The van der Waals surface area contributed by atoms with Crippen LogP contribution in [0, 0.1) is 0 Å². The monoisotopic (exact) mass is 265 g/mol. The molecule has 1 aromatic carbocycles. The lowest BCUT2D eigenvalue weighted by molar-refractivity contribution is 0.0755. The van der Waals surface area contributed by atoms with E-state index < -0.39 is 7.12 Å². The van der Waals surface area contributed by atoms with Gasteiger partial charge in [0.15, 0.2) is 0 Å². The van der Waals surface area contributed by atoms with Gasteiger partial charge >= 0.3 is 7.12 Å². The molecule has 1 aliphatic rings. The number of hydrogen-bond acceptors (Lipinski definition) is 5. The molecule has 0 spiro atoms. The summed E-state index contributed by atoms with van der Waals surface area (Å²) in [4.78, 5) is 2.26. The van der Waals surface area contributed by atoms with Crippen molar-refractivity contribution in [3.63, 3.8) is 0 Å². The van der Waals surface area contributed by atoms with E-state index >= 15 is 0 Å². The molecule has 1 aromatic rings. The van der Waals surface area contributed by atoms with Gasteiger partial charge in [-0.15, -0.1) is 0 Å². The van der Waals surface area contributed by atoms with Gasteiger partial charge in [0.1, 0.15) is 12.4 Å². The molecule has 0 unspecified atom stereocenters. The predicted molar refractivity (Wildman–Crippen MR) is 73.4 cm³/mol. The molecule has 0 atom stereocenters. The van der Waals surface area contributed by atoms with Crippen LogP contribution in [0.4, 0.5) is 0 Å². The Bertz CT molecular complexity index is 394. The van der Waals surface area contributed by atoms with E-state index in [1.54, 1.807) is 24.3 Å². The van der Waals surface area contributed by atoms with Crippen molar-refractivity contribution in [2.24, 2.45) is 0 Å².